The summed E-state index contributed by atoms with van der Waals surface area (Å²) in [6, 6.07) is 25.0. The highest BCUT2D eigenvalue weighted by Gasteiger charge is 2.20. The summed E-state index contributed by atoms with van der Waals surface area (Å²) in [6.45, 7) is 2.06. The summed E-state index contributed by atoms with van der Waals surface area (Å²) in [5.74, 6) is 1.75. The van der Waals surface area contributed by atoms with E-state index in [-0.39, 0.29) is 11.7 Å². The Bertz CT molecular complexity index is 1550. The van der Waals surface area contributed by atoms with Crippen molar-refractivity contribution in [1.29, 1.82) is 0 Å². The molecule has 0 saturated heterocycles. The quantitative estimate of drug-likeness (QED) is 0.192. The minimum atomic E-state index is -0.174. The van der Waals surface area contributed by atoms with Gasteiger partial charge in [0.25, 0.3) is 0 Å². The number of aromatic nitrogens is 4. The van der Waals surface area contributed by atoms with Gasteiger partial charge in [0.1, 0.15) is 16.5 Å². The van der Waals surface area contributed by atoms with Crippen LogP contribution in [0.5, 0.6) is 11.5 Å². The van der Waals surface area contributed by atoms with E-state index in [2.05, 4.69) is 12.2 Å². The SMILES string of the molecule is CCc1nn(-c2ccccc2)c2nc(-c3ccccc3)nc(SCC(=O)Nc3cc(OC)cc(OC)c3)c12. The highest BCUT2D eigenvalue weighted by molar-refractivity contribution is 8.00. The van der Waals surface area contributed by atoms with Crippen LogP contribution in [0.15, 0.2) is 83.9 Å². The van der Waals surface area contributed by atoms with E-state index in [4.69, 9.17) is 24.5 Å². The van der Waals surface area contributed by atoms with Crippen LogP contribution >= 0.6 is 11.8 Å². The van der Waals surface area contributed by atoms with Crippen molar-refractivity contribution in [3.63, 3.8) is 0 Å². The number of amides is 1. The molecule has 5 aromatic rings. The standard InChI is InChI=1S/C29H27N5O3S/c1-4-24-26-28(34(33-24)21-13-9-6-10-14-21)31-27(19-11-7-5-8-12-19)32-29(26)38-18-25(35)30-20-15-22(36-2)17-23(16-20)37-3/h5-17H,4,18H2,1-3H3,(H,30,35). The first-order chi connectivity index (χ1) is 18.6. The molecule has 192 valence electrons. The topological polar surface area (TPSA) is 91.2 Å². The molecule has 0 aliphatic rings. The number of carbonyl (C=O) groups is 1. The molecule has 0 fully saturated rings. The smallest absolute Gasteiger partial charge is 0.234 e. The van der Waals surface area contributed by atoms with Crippen LogP contribution in [0.1, 0.15) is 12.6 Å². The number of aryl methyl sites for hydroxylation is 1. The fraction of sp³-hybridized carbons (Fsp3) is 0.172. The van der Waals surface area contributed by atoms with E-state index < -0.39 is 0 Å². The molecule has 0 bridgehead atoms. The number of benzene rings is 3. The van der Waals surface area contributed by atoms with Crippen molar-refractivity contribution in [3.05, 3.63) is 84.6 Å². The largest absolute Gasteiger partial charge is 0.497 e. The second-order valence-corrected chi connectivity index (χ2v) is 9.37. The molecule has 8 nitrogen and oxygen atoms in total. The maximum atomic E-state index is 13.0. The zero-order chi connectivity index (χ0) is 26.5. The van der Waals surface area contributed by atoms with Gasteiger partial charge in [0.05, 0.1) is 36.7 Å². The van der Waals surface area contributed by atoms with Crippen LogP contribution in [0.3, 0.4) is 0 Å². The lowest BCUT2D eigenvalue weighted by Gasteiger charge is -2.11. The van der Waals surface area contributed by atoms with E-state index in [9.17, 15) is 4.79 Å². The van der Waals surface area contributed by atoms with Crippen molar-refractivity contribution in [2.45, 2.75) is 18.4 Å². The zero-order valence-corrected chi connectivity index (χ0v) is 22.2. The average Bonchev–Trinajstić information content (AvgIpc) is 3.35. The monoisotopic (exact) mass is 525 g/mol. The van der Waals surface area contributed by atoms with Gasteiger partial charge in [-0.2, -0.15) is 5.10 Å². The first-order valence-electron chi connectivity index (χ1n) is 12.2. The van der Waals surface area contributed by atoms with Gasteiger partial charge in [-0.1, -0.05) is 67.2 Å². The number of para-hydroxylation sites is 1. The van der Waals surface area contributed by atoms with Crippen LogP contribution in [-0.2, 0) is 11.2 Å². The lowest BCUT2D eigenvalue weighted by atomic mass is 10.2. The summed E-state index contributed by atoms with van der Waals surface area (Å²) in [7, 11) is 3.14. The minimum Gasteiger partial charge on any atom is -0.497 e. The molecule has 0 spiro atoms. The third kappa shape index (κ3) is 5.33. The molecular formula is C29H27N5O3S. The molecule has 0 unspecified atom stereocenters. The lowest BCUT2D eigenvalue weighted by Crippen LogP contribution is -2.14. The molecule has 3 aromatic carbocycles. The van der Waals surface area contributed by atoms with Gasteiger partial charge in [-0.05, 0) is 18.6 Å². The second-order valence-electron chi connectivity index (χ2n) is 8.40. The number of hydrogen-bond acceptors (Lipinski definition) is 7. The number of ether oxygens (including phenoxy) is 2. The van der Waals surface area contributed by atoms with Crippen LogP contribution in [0, 0.1) is 0 Å². The van der Waals surface area contributed by atoms with E-state index in [1.54, 1.807) is 32.4 Å². The number of hydrogen-bond donors (Lipinski definition) is 1. The van der Waals surface area contributed by atoms with Crippen molar-refractivity contribution < 1.29 is 14.3 Å². The van der Waals surface area contributed by atoms with Gasteiger partial charge in [0.2, 0.25) is 5.91 Å². The van der Waals surface area contributed by atoms with Gasteiger partial charge < -0.3 is 14.8 Å². The molecule has 9 heteroatoms. The molecule has 0 aliphatic carbocycles. The van der Waals surface area contributed by atoms with Crippen molar-refractivity contribution in [1.82, 2.24) is 19.7 Å². The summed E-state index contributed by atoms with van der Waals surface area (Å²) in [6.07, 6.45) is 0.702. The zero-order valence-electron chi connectivity index (χ0n) is 21.3. The number of carbonyl (C=O) groups excluding carboxylic acids is 1. The molecule has 2 aromatic heterocycles. The van der Waals surface area contributed by atoms with Crippen LogP contribution in [0.2, 0.25) is 0 Å². The van der Waals surface area contributed by atoms with E-state index in [1.165, 1.54) is 11.8 Å². The number of anilines is 1. The minimum absolute atomic E-state index is 0.152. The summed E-state index contributed by atoms with van der Waals surface area (Å²) in [5, 5.41) is 9.38. The Hall–Kier alpha value is -4.37. The molecule has 5 rings (SSSR count). The van der Waals surface area contributed by atoms with Gasteiger partial charge >= 0.3 is 0 Å². The lowest BCUT2D eigenvalue weighted by molar-refractivity contribution is -0.113. The van der Waals surface area contributed by atoms with Gasteiger partial charge in [-0.15, -0.1) is 0 Å². The molecular weight excluding hydrogens is 498 g/mol. The first-order valence-corrected chi connectivity index (χ1v) is 13.1. The summed E-state index contributed by atoms with van der Waals surface area (Å²) in [5.41, 5.74) is 3.99. The third-order valence-corrected chi connectivity index (χ3v) is 6.88. The Morgan fingerprint density at radius 2 is 1.58 bits per heavy atom. The Morgan fingerprint density at radius 1 is 0.921 bits per heavy atom. The first kappa shape index (κ1) is 25.3. The second kappa shape index (κ2) is 11.4. The van der Waals surface area contributed by atoms with Gasteiger partial charge in [0.15, 0.2) is 11.5 Å². The molecule has 0 radical (unpaired) electrons. The number of nitrogens with zero attached hydrogens (tertiary/aromatic N) is 4. The molecule has 38 heavy (non-hydrogen) atoms. The predicted octanol–water partition coefficient (Wildman–Crippen LogP) is 5.79. The van der Waals surface area contributed by atoms with Gasteiger partial charge in [0, 0.05) is 29.4 Å². The molecule has 2 heterocycles. The molecule has 1 amide bonds. The van der Waals surface area contributed by atoms with Crippen LogP contribution in [0.4, 0.5) is 5.69 Å². The fourth-order valence-corrected chi connectivity index (χ4v) is 4.93. The van der Waals surface area contributed by atoms with Crippen molar-refractivity contribution in [2.24, 2.45) is 0 Å². The van der Waals surface area contributed by atoms with Crippen molar-refractivity contribution in [3.8, 4) is 28.6 Å². The Balaban J connectivity index is 1.52. The van der Waals surface area contributed by atoms with Crippen molar-refractivity contribution >= 4 is 34.4 Å². The normalized spacial score (nSPS) is 10.9. The van der Waals surface area contributed by atoms with Crippen LogP contribution in [-0.4, -0.2) is 45.6 Å². The van der Waals surface area contributed by atoms with E-state index in [0.29, 0.717) is 40.1 Å². The molecule has 0 atom stereocenters. The van der Waals surface area contributed by atoms with E-state index in [1.807, 2.05) is 65.3 Å². The Labute approximate surface area is 225 Å². The Kier molecular flexibility index (Phi) is 7.55. The summed E-state index contributed by atoms with van der Waals surface area (Å²) >= 11 is 1.37. The number of thioether (sulfide) groups is 1. The predicted molar refractivity (Wildman–Crippen MR) is 150 cm³/mol. The number of rotatable bonds is 9. The van der Waals surface area contributed by atoms with Crippen molar-refractivity contribution in [2.75, 3.05) is 25.3 Å². The van der Waals surface area contributed by atoms with E-state index in [0.717, 1.165) is 22.3 Å². The maximum absolute atomic E-state index is 13.0. The summed E-state index contributed by atoms with van der Waals surface area (Å²) in [4.78, 5) is 22.8. The van der Waals surface area contributed by atoms with Crippen LogP contribution < -0.4 is 14.8 Å². The number of fused-ring (bicyclic) bond motifs is 1. The summed E-state index contributed by atoms with van der Waals surface area (Å²) < 4.78 is 12.5. The van der Waals surface area contributed by atoms with E-state index >= 15 is 0 Å². The number of nitrogens with one attached hydrogen (secondary N) is 1. The third-order valence-electron chi connectivity index (χ3n) is 5.91. The van der Waals surface area contributed by atoms with Gasteiger partial charge in [-0.3, -0.25) is 4.79 Å². The average molecular weight is 526 g/mol. The molecule has 1 N–H and O–H groups in total. The molecule has 0 aliphatic heterocycles. The maximum Gasteiger partial charge on any atom is 0.234 e. The Morgan fingerprint density at radius 3 is 2.21 bits per heavy atom. The highest BCUT2D eigenvalue weighted by Crippen LogP contribution is 2.33. The van der Waals surface area contributed by atoms with Crippen LogP contribution in [0.25, 0.3) is 28.1 Å². The van der Waals surface area contributed by atoms with Gasteiger partial charge in [-0.25, -0.2) is 14.6 Å². The molecule has 0 saturated carbocycles. The number of methoxy groups -OCH3 is 2. The highest BCUT2D eigenvalue weighted by atomic mass is 32.2. The fourth-order valence-electron chi connectivity index (χ4n) is 4.08.